The van der Waals surface area contributed by atoms with Gasteiger partial charge in [-0.25, -0.2) is 9.59 Å². The van der Waals surface area contributed by atoms with Gasteiger partial charge in [0.1, 0.15) is 6.07 Å². The van der Waals surface area contributed by atoms with Crippen molar-refractivity contribution in [2.75, 3.05) is 18.5 Å². The molecule has 132 valence electrons. The Labute approximate surface area is 146 Å². The standard InChI is InChI=1S/C17H21N5O3/c1-3-25-16(23)15-14(13(11-18)12-21(15)2)20-17(24)19-7-6-10-22-8-4-5-9-22/h4-5,8-9,12H,3,6-7,10H2,1-2H3,(H2,19,20,24). The van der Waals surface area contributed by atoms with Crippen LogP contribution in [0.1, 0.15) is 29.4 Å². The Morgan fingerprint density at radius 3 is 2.68 bits per heavy atom. The maximum absolute atomic E-state index is 12.1. The van der Waals surface area contributed by atoms with E-state index in [0.717, 1.165) is 13.0 Å². The average Bonchev–Trinajstić information content (AvgIpc) is 3.19. The summed E-state index contributed by atoms with van der Waals surface area (Å²) in [5.74, 6) is -0.589. The van der Waals surface area contributed by atoms with Gasteiger partial charge in [0.05, 0.1) is 17.9 Å². The van der Waals surface area contributed by atoms with Crippen molar-refractivity contribution in [3.05, 3.63) is 42.0 Å². The Morgan fingerprint density at radius 2 is 2.04 bits per heavy atom. The lowest BCUT2D eigenvalue weighted by molar-refractivity contribution is 0.0516. The fourth-order valence-corrected chi connectivity index (χ4v) is 2.42. The van der Waals surface area contributed by atoms with Crippen molar-refractivity contribution < 1.29 is 14.3 Å². The molecule has 0 aliphatic rings. The highest BCUT2D eigenvalue weighted by atomic mass is 16.5. The molecule has 2 rings (SSSR count). The van der Waals surface area contributed by atoms with Crippen LogP contribution < -0.4 is 10.6 Å². The Morgan fingerprint density at radius 1 is 1.32 bits per heavy atom. The minimum Gasteiger partial charge on any atom is -0.461 e. The van der Waals surface area contributed by atoms with E-state index >= 15 is 0 Å². The molecule has 0 aromatic carbocycles. The lowest BCUT2D eigenvalue weighted by Gasteiger charge is -2.10. The topological polar surface area (TPSA) is 101 Å². The van der Waals surface area contributed by atoms with E-state index in [1.165, 1.54) is 10.8 Å². The first-order valence-corrected chi connectivity index (χ1v) is 7.99. The van der Waals surface area contributed by atoms with Gasteiger partial charge in [-0.2, -0.15) is 5.26 Å². The normalized spacial score (nSPS) is 10.1. The van der Waals surface area contributed by atoms with Crippen molar-refractivity contribution in [3.63, 3.8) is 0 Å². The maximum Gasteiger partial charge on any atom is 0.357 e. The van der Waals surface area contributed by atoms with Gasteiger partial charge in [0, 0.05) is 38.7 Å². The lowest BCUT2D eigenvalue weighted by Crippen LogP contribution is -2.31. The van der Waals surface area contributed by atoms with Crippen molar-refractivity contribution in [2.45, 2.75) is 19.9 Å². The molecule has 25 heavy (non-hydrogen) atoms. The van der Waals surface area contributed by atoms with E-state index in [9.17, 15) is 14.9 Å². The van der Waals surface area contributed by atoms with Crippen molar-refractivity contribution in [3.8, 4) is 6.07 Å². The molecule has 8 nitrogen and oxygen atoms in total. The predicted octanol–water partition coefficient (Wildman–Crippen LogP) is 2.09. The summed E-state index contributed by atoms with van der Waals surface area (Å²) in [6.07, 6.45) is 6.14. The molecule has 0 spiro atoms. The zero-order valence-corrected chi connectivity index (χ0v) is 14.3. The largest absolute Gasteiger partial charge is 0.461 e. The minimum absolute atomic E-state index is 0.140. The highest BCUT2D eigenvalue weighted by Gasteiger charge is 2.23. The van der Waals surface area contributed by atoms with Crippen LogP contribution in [0.5, 0.6) is 0 Å². The number of anilines is 1. The Bertz CT molecular complexity index is 771. The molecule has 2 N–H and O–H groups in total. The monoisotopic (exact) mass is 343 g/mol. The molecule has 0 radical (unpaired) electrons. The van der Waals surface area contributed by atoms with Crippen molar-refractivity contribution in [1.29, 1.82) is 5.26 Å². The number of hydrogen-bond donors (Lipinski definition) is 2. The van der Waals surface area contributed by atoms with E-state index in [4.69, 9.17) is 4.74 Å². The van der Waals surface area contributed by atoms with Crippen molar-refractivity contribution >= 4 is 17.7 Å². The number of carbonyl (C=O) groups is 2. The van der Waals surface area contributed by atoms with Crippen LogP contribution in [0.2, 0.25) is 0 Å². The second kappa shape index (κ2) is 8.59. The first-order valence-electron chi connectivity index (χ1n) is 7.99. The Hall–Kier alpha value is -3.21. The summed E-state index contributed by atoms with van der Waals surface area (Å²) in [4.78, 5) is 24.1. The van der Waals surface area contributed by atoms with E-state index in [2.05, 4.69) is 10.6 Å². The highest BCUT2D eigenvalue weighted by molar-refractivity contribution is 6.01. The van der Waals surface area contributed by atoms with Gasteiger partial charge < -0.3 is 24.5 Å². The molecule has 0 aliphatic carbocycles. The number of urea groups is 1. The number of hydrogen-bond acceptors (Lipinski definition) is 4. The van der Waals surface area contributed by atoms with E-state index in [0.29, 0.717) is 6.54 Å². The number of aryl methyl sites for hydroxylation is 2. The number of ether oxygens (including phenoxy) is 1. The Balaban J connectivity index is 1.97. The number of rotatable bonds is 7. The van der Waals surface area contributed by atoms with Crippen LogP contribution >= 0.6 is 0 Å². The van der Waals surface area contributed by atoms with Crippen LogP contribution in [0, 0.1) is 11.3 Å². The SMILES string of the molecule is CCOC(=O)c1c(NC(=O)NCCCn2cccc2)c(C#N)cn1C. The number of nitrogens with zero attached hydrogens (tertiary/aromatic N) is 3. The Kier molecular flexibility index (Phi) is 6.23. The number of esters is 1. The van der Waals surface area contributed by atoms with Crippen LogP contribution in [-0.4, -0.2) is 34.3 Å². The van der Waals surface area contributed by atoms with Gasteiger partial charge in [-0.05, 0) is 25.5 Å². The second-order valence-corrected chi connectivity index (χ2v) is 5.36. The molecule has 0 atom stereocenters. The molecular formula is C17H21N5O3. The molecule has 0 aliphatic heterocycles. The summed E-state index contributed by atoms with van der Waals surface area (Å²) < 4.78 is 8.47. The van der Waals surface area contributed by atoms with E-state index in [1.807, 2.05) is 35.2 Å². The predicted molar refractivity (Wildman–Crippen MR) is 92.2 cm³/mol. The first kappa shape index (κ1) is 18.1. The van der Waals surface area contributed by atoms with Crippen LogP contribution in [0.4, 0.5) is 10.5 Å². The minimum atomic E-state index is -0.589. The maximum atomic E-state index is 12.1. The molecule has 0 unspecified atom stereocenters. The summed E-state index contributed by atoms with van der Waals surface area (Å²) in [5.41, 5.74) is 0.500. The van der Waals surface area contributed by atoms with Gasteiger partial charge >= 0.3 is 12.0 Å². The molecule has 2 heterocycles. The summed E-state index contributed by atoms with van der Waals surface area (Å²) in [7, 11) is 1.62. The number of carbonyl (C=O) groups excluding carboxylic acids is 2. The quantitative estimate of drug-likeness (QED) is 0.594. The van der Waals surface area contributed by atoms with Gasteiger partial charge in [0.2, 0.25) is 0 Å². The smallest absolute Gasteiger partial charge is 0.357 e. The van der Waals surface area contributed by atoms with Gasteiger partial charge in [-0.1, -0.05) is 0 Å². The zero-order chi connectivity index (χ0) is 18.2. The first-order chi connectivity index (χ1) is 12.1. The molecule has 0 saturated heterocycles. The number of aromatic nitrogens is 2. The van der Waals surface area contributed by atoms with E-state index in [-0.39, 0.29) is 23.6 Å². The van der Waals surface area contributed by atoms with Crippen LogP contribution in [0.15, 0.2) is 30.7 Å². The van der Waals surface area contributed by atoms with Gasteiger partial charge in [0.25, 0.3) is 0 Å². The van der Waals surface area contributed by atoms with Crippen LogP contribution in [0.3, 0.4) is 0 Å². The number of nitriles is 1. The van der Waals surface area contributed by atoms with Gasteiger partial charge in [-0.15, -0.1) is 0 Å². The fourth-order valence-electron chi connectivity index (χ4n) is 2.42. The summed E-state index contributed by atoms with van der Waals surface area (Å²) in [5, 5.41) is 14.5. The number of amides is 2. The molecule has 8 heteroatoms. The average molecular weight is 343 g/mol. The molecule has 2 amide bonds. The molecule has 2 aromatic heterocycles. The zero-order valence-electron chi connectivity index (χ0n) is 14.3. The van der Waals surface area contributed by atoms with Crippen LogP contribution in [-0.2, 0) is 18.3 Å². The third-order valence-corrected chi connectivity index (χ3v) is 3.55. The van der Waals surface area contributed by atoms with E-state index < -0.39 is 12.0 Å². The van der Waals surface area contributed by atoms with Crippen LogP contribution in [0.25, 0.3) is 0 Å². The summed E-state index contributed by atoms with van der Waals surface area (Å²) >= 11 is 0. The summed E-state index contributed by atoms with van der Waals surface area (Å²) in [6, 6.07) is 5.38. The summed E-state index contributed by atoms with van der Waals surface area (Å²) in [6.45, 7) is 3.15. The molecule has 0 saturated carbocycles. The molecule has 0 fully saturated rings. The fraction of sp³-hybridized carbons (Fsp3) is 0.353. The second-order valence-electron chi connectivity index (χ2n) is 5.36. The molecule has 2 aromatic rings. The van der Waals surface area contributed by atoms with Gasteiger partial charge in [-0.3, -0.25) is 0 Å². The van der Waals surface area contributed by atoms with Gasteiger partial charge in [0.15, 0.2) is 5.69 Å². The highest BCUT2D eigenvalue weighted by Crippen LogP contribution is 2.23. The molecule has 0 bridgehead atoms. The number of nitrogens with one attached hydrogen (secondary N) is 2. The third kappa shape index (κ3) is 4.64. The molecular weight excluding hydrogens is 322 g/mol. The lowest BCUT2D eigenvalue weighted by atomic mass is 10.2. The van der Waals surface area contributed by atoms with Crippen molar-refractivity contribution in [2.24, 2.45) is 7.05 Å². The van der Waals surface area contributed by atoms with E-state index in [1.54, 1.807) is 14.0 Å². The third-order valence-electron chi connectivity index (χ3n) is 3.55. The van der Waals surface area contributed by atoms with Crippen molar-refractivity contribution in [1.82, 2.24) is 14.5 Å².